The summed E-state index contributed by atoms with van der Waals surface area (Å²) >= 11 is 0. The molecule has 0 N–H and O–H groups in total. The van der Waals surface area contributed by atoms with Crippen LogP contribution in [0.4, 0.5) is 0 Å². The van der Waals surface area contributed by atoms with Gasteiger partial charge in [-0.2, -0.15) is 0 Å². The first-order valence-electron chi connectivity index (χ1n) is 15.6. The fourth-order valence-electron chi connectivity index (χ4n) is 8.34. The smallest absolute Gasteiger partial charge is 0.0701 e. The van der Waals surface area contributed by atoms with E-state index in [0.717, 1.165) is 11.3 Å². The van der Waals surface area contributed by atoms with Gasteiger partial charge in [0.1, 0.15) is 0 Å². The third kappa shape index (κ3) is 3.22. The van der Waals surface area contributed by atoms with Crippen molar-refractivity contribution in [3.05, 3.63) is 119 Å². The number of nitrogens with zero attached hydrogens (tertiary/aromatic N) is 2. The molecule has 0 saturated heterocycles. The van der Waals surface area contributed by atoms with E-state index in [1.807, 2.05) is 12.3 Å². The highest BCUT2D eigenvalue weighted by molar-refractivity contribution is 6.12. The molecule has 0 bridgehead atoms. The van der Waals surface area contributed by atoms with Crippen LogP contribution in [-0.2, 0) is 16.2 Å². The molecular weight excluding hydrogens is 520 g/mol. The molecule has 2 nitrogen and oxygen atoms in total. The van der Waals surface area contributed by atoms with Crippen LogP contribution >= 0.6 is 0 Å². The third-order valence-electron chi connectivity index (χ3n) is 12.2. The highest BCUT2D eigenvalue weighted by Crippen LogP contribution is 2.62. The van der Waals surface area contributed by atoms with Crippen molar-refractivity contribution >= 4 is 21.8 Å². The van der Waals surface area contributed by atoms with Crippen LogP contribution in [0, 0.1) is 5.41 Å². The topological polar surface area (TPSA) is 17.8 Å². The lowest BCUT2D eigenvalue weighted by atomic mass is 9.59. The van der Waals surface area contributed by atoms with E-state index < -0.39 is 0 Å². The molecule has 2 heteroatoms. The Hall–Kier alpha value is -4.17. The van der Waals surface area contributed by atoms with Crippen molar-refractivity contribution in [2.45, 2.75) is 71.6 Å². The van der Waals surface area contributed by atoms with E-state index in [0.29, 0.717) is 0 Å². The molecule has 0 unspecified atom stereocenters. The Morgan fingerprint density at radius 3 is 1.81 bits per heavy atom. The van der Waals surface area contributed by atoms with Crippen LogP contribution < -0.4 is 0 Å². The van der Waals surface area contributed by atoms with Gasteiger partial charge in [0.15, 0.2) is 0 Å². The summed E-state index contributed by atoms with van der Waals surface area (Å²) in [5.41, 5.74) is 14.5. The van der Waals surface area contributed by atoms with Gasteiger partial charge in [-0.15, -0.1) is 0 Å². The van der Waals surface area contributed by atoms with Crippen LogP contribution in [0.3, 0.4) is 0 Å². The molecule has 4 aromatic carbocycles. The van der Waals surface area contributed by atoms with Crippen LogP contribution in [0.25, 0.3) is 49.9 Å². The first-order valence-corrected chi connectivity index (χ1v) is 15.6. The Balaban J connectivity index is 1.47. The lowest BCUT2D eigenvalue weighted by molar-refractivity contribution is 0.125. The number of hydrogen-bond acceptors (Lipinski definition) is 1. The summed E-state index contributed by atoms with van der Waals surface area (Å²) < 4.78 is 2.51. The maximum absolute atomic E-state index is 4.59. The number of hydrogen-bond donors (Lipinski definition) is 0. The number of pyridine rings is 1. The van der Waals surface area contributed by atoms with Crippen LogP contribution in [0.2, 0.25) is 0 Å². The van der Waals surface area contributed by atoms with Crippen LogP contribution in [0.15, 0.2) is 97.2 Å². The fourth-order valence-corrected chi connectivity index (χ4v) is 8.34. The summed E-state index contributed by atoms with van der Waals surface area (Å²) in [5.74, 6) is 0. The van der Waals surface area contributed by atoms with E-state index in [9.17, 15) is 0 Å². The monoisotopic (exact) mass is 560 g/mol. The number of benzene rings is 4. The van der Waals surface area contributed by atoms with Crippen molar-refractivity contribution in [3.8, 4) is 28.1 Å². The number of fused-ring (bicyclic) bond motifs is 7. The first kappa shape index (κ1) is 26.5. The average molecular weight is 561 g/mol. The molecule has 6 aromatic rings. The summed E-state index contributed by atoms with van der Waals surface area (Å²) in [6.45, 7) is 19.4. The summed E-state index contributed by atoms with van der Waals surface area (Å²) in [4.78, 5) is 4.59. The molecule has 43 heavy (non-hydrogen) atoms. The minimum Gasteiger partial charge on any atom is -0.309 e. The summed E-state index contributed by atoms with van der Waals surface area (Å²) in [6, 6.07) is 34.1. The predicted octanol–water partition coefficient (Wildman–Crippen LogP) is 10.7. The molecule has 2 aliphatic rings. The van der Waals surface area contributed by atoms with Gasteiger partial charge < -0.3 is 4.57 Å². The molecular formula is C41H40N2. The second-order valence-corrected chi connectivity index (χ2v) is 15.0. The highest BCUT2D eigenvalue weighted by atomic mass is 15.0. The zero-order valence-corrected chi connectivity index (χ0v) is 26.6. The largest absolute Gasteiger partial charge is 0.309 e. The molecule has 8 rings (SSSR count). The van der Waals surface area contributed by atoms with Gasteiger partial charge >= 0.3 is 0 Å². The lowest BCUT2D eigenvalue weighted by Crippen LogP contribution is -2.42. The van der Waals surface area contributed by atoms with Gasteiger partial charge in [0.25, 0.3) is 0 Å². The minimum absolute atomic E-state index is 0.0346. The lowest BCUT2D eigenvalue weighted by Gasteiger charge is -2.44. The van der Waals surface area contributed by atoms with Crippen molar-refractivity contribution in [2.24, 2.45) is 5.41 Å². The molecule has 2 aliphatic carbocycles. The Morgan fingerprint density at radius 1 is 0.535 bits per heavy atom. The molecule has 0 atom stereocenters. The van der Waals surface area contributed by atoms with Crippen molar-refractivity contribution in [1.29, 1.82) is 0 Å². The maximum atomic E-state index is 4.59. The highest BCUT2D eigenvalue weighted by Gasteiger charge is 2.57. The second-order valence-electron chi connectivity index (χ2n) is 15.0. The van der Waals surface area contributed by atoms with Crippen LogP contribution in [-0.4, -0.2) is 9.55 Å². The number of rotatable bonds is 2. The zero-order chi connectivity index (χ0) is 30.1. The zero-order valence-electron chi connectivity index (χ0n) is 26.6. The molecule has 0 aliphatic heterocycles. The fraction of sp³-hybridized carbons (Fsp3) is 0.293. The van der Waals surface area contributed by atoms with Crippen LogP contribution in [0.5, 0.6) is 0 Å². The van der Waals surface area contributed by atoms with Gasteiger partial charge in [0, 0.05) is 33.6 Å². The average Bonchev–Trinajstić information content (AvgIpc) is 3.47. The van der Waals surface area contributed by atoms with E-state index >= 15 is 0 Å². The Bertz CT molecular complexity index is 2100. The summed E-state index contributed by atoms with van der Waals surface area (Å²) in [6.07, 6.45) is 1.86. The SMILES string of the molecule is CC1(C)c2ccccc2-c2cc3c4cc5c(cc4n(-c4ccc(-c6ccccn6)cc4)c3cc21)C(C)(C)C(C)(C)C5(C)C. The standard InChI is InChI=1S/C41H40N2/c1-38(2)31-14-10-9-13-27(31)28-21-29-30-22-33-34(40(5,6)41(7,8)39(33,3)4)24-37(30)43(36(29)23-32(28)38)26-18-16-25(17-19-26)35-15-11-12-20-42-35/h9-24H,1-8H3. The van der Waals surface area contributed by atoms with E-state index in [2.05, 4.69) is 150 Å². The van der Waals surface area contributed by atoms with E-state index in [1.165, 1.54) is 60.9 Å². The first-order chi connectivity index (χ1) is 20.4. The Kier molecular flexibility index (Phi) is 5.08. The molecule has 0 radical (unpaired) electrons. The molecule has 2 heterocycles. The maximum Gasteiger partial charge on any atom is 0.0701 e. The molecule has 0 amide bonds. The third-order valence-corrected chi connectivity index (χ3v) is 12.2. The van der Waals surface area contributed by atoms with Gasteiger partial charge in [-0.1, -0.05) is 97.9 Å². The van der Waals surface area contributed by atoms with Crippen LogP contribution in [0.1, 0.15) is 77.6 Å². The van der Waals surface area contributed by atoms with Gasteiger partial charge in [0.2, 0.25) is 0 Å². The van der Waals surface area contributed by atoms with Gasteiger partial charge in [-0.25, -0.2) is 0 Å². The summed E-state index contributed by atoms with van der Waals surface area (Å²) in [7, 11) is 0. The molecule has 0 saturated carbocycles. The van der Waals surface area contributed by atoms with Crippen molar-refractivity contribution in [2.75, 3.05) is 0 Å². The van der Waals surface area contributed by atoms with Gasteiger partial charge in [0.05, 0.1) is 16.7 Å². The molecule has 0 fully saturated rings. The van der Waals surface area contributed by atoms with Crippen molar-refractivity contribution in [1.82, 2.24) is 9.55 Å². The number of aromatic nitrogens is 2. The van der Waals surface area contributed by atoms with Crippen molar-refractivity contribution in [3.63, 3.8) is 0 Å². The van der Waals surface area contributed by atoms with Crippen molar-refractivity contribution < 1.29 is 0 Å². The van der Waals surface area contributed by atoms with E-state index in [-0.39, 0.29) is 21.7 Å². The summed E-state index contributed by atoms with van der Waals surface area (Å²) in [5, 5.41) is 2.67. The van der Waals surface area contributed by atoms with E-state index in [1.54, 1.807) is 0 Å². The normalized spacial score (nSPS) is 18.5. The minimum atomic E-state index is -0.0556. The quantitative estimate of drug-likeness (QED) is 0.206. The van der Waals surface area contributed by atoms with Gasteiger partial charge in [-0.05, 0) is 98.2 Å². The molecule has 2 aromatic heterocycles. The van der Waals surface area contributed by atoms with Gasteiger partial charge in [-0.3, -0.25) is 4.98 Å². The molecule has 0 spiro atoms. The second kappa shape index (κ2) is 8.26. The Morgan fingerprint density at radius 2 is 1.14 bits per heavy atom. The molecule has 214 valence electrons. The Labute approximate surface area is 255 Å². The predicted molar refractivity (Wildman–Crippen MR) is 181 cm³/mol. The van der Waals surface area contributed by atoms with E-state index in [4.69, 9.17) is 0 Å².